The van der Waals surface area contributed by atoms with Gasteiger partial charge in [0.2, 0.25) is 0 Å². The summed E-state index contributed by atoms with van der Waals surface area (Å²) in [5.74, 6) is 0.452. The van der Waals surface area contributed by atoms with Gasteiger partial charge in [-0.3, -0.25) is 0 Å². The standard InChI is InChI=1S/C15H24O.C3H6N2O/c1-2-3-4-5-6-7-8-11-14-12-9-10-13-15(14)16;6-3-4-1-2-5-3/h9-10,12-13,16H,2-8,11H2,1H3;1-2H2,(H2,4,5,6). The zero-order valence-corrected chi connectivity index (χ0v) is 13.7. The number of carbonyl (C=O) groups excluding carboxylic acids is 1. The Kier molecular flexibility index (Phi) is 9.92. The number of hydrogen-bond donors (Lipinski definition) is 3. The van der Waals surface area contributed by atoms with E-state index in [9.17, 15) is 9.90 Å². The summed E-state index contributed by atoms with van der Waals surface area (Å²) >= 11 is 0. The van der Waals surface area contributed by atoms with Crippen LogP contribution in [0.5, 0.6) is 5.75 Å². The van der Waals surface area contributed by atoms with Gasteiger partial charge in [0.15, 0.2) is 0 Å². The van der Waals surface area contributed by atoms with Crippen LogP contribution in [0, 0.1) is 0 Å². The number of aromatic hydroxyl groups is 1. The van der Waals surface area contributed by atoms with E-state index < -0.39 is 0 Å². The molecule has 0 bridgehead atoms. The SMILES string of the molecule is CCCCCCCCCc1ccccc1O.O=C1NCCN1. The van der Waals surface area contributed by atoms with E-state index in [0.29, 0.717) is 5.75 Å². The van der Waals surface area contributed by atoms with Crippen molar-refractivity contribution in [3.8, 4) is 5.75 Å². The van der Waals surface area contributed by atoms with Crippen molar-refractivity contribution in [3.05, 3.63) is 29.8 Å². The Morgan fingerprint density at radius 1 is 0.955 bits per heavy atom. The van der Waals surface area contributed by atoms with Crippen LogP contribution >= 0.6 is 0 Å². The minimum atomic E-state index is -0.0463. The normalized spacial score (nSPS) is 13.0. The quantitative estimate of drug-likeness (QED) is 0.636. The Bertz CT molecular complexity index is 413. The van der Waals surface area contributed by atoms with Crippen LogP contribution in [0.2, 0.25) is 0 Å². The summed E-state index contributed by atoms with van der Waals surface area (Å²) in [6, 6.07) is 7.62. The summed E-state index contributed by atoms with van der Waals surface area (Å²) < 4.78 is 0. The maximum Gasteiger partial charge on any atom is 0.314 e. The van der Waals surface area contributed by atoms with Crippen LogP contribution in [-0.4, -0.2) is 24.2 Å². The van der Waals surface area contributed by atoms with Crippen LogP contribution in [0.3, 0.4) is 0 Å². The van der Waals surface area contributed by atoms with Gasteiger partial charge in [-0.15, -0.1) is 0 Å². The van der Waals surface area contributed by atoms with Crippen molar-refractivity contribution in [1.82, 2.24) is 10.6 Å². The number of amides is 2. The fourth-order valence-electron chi connectivity index (χ4n) is 2.41. The first kappa shape index (κ1) is 18.3. The maximum absolute atomic E-state index is 10.0. The predicted molar refractivity (Wildman–Crippen MR) is 91.2 cm³/mol. The molecular weight excluding hydrogens is 276 g/mol. The van der Waals surface area contributed by atoms with E-state index >= 15 is 0 Å². The second-order valence-corrected chi connectivity index (χ2v) is 5.68. The zero-order chi connectivity index (χ0) is 16.0. The number of urea groups is 1. The highest BCUT2D eigenvalue weighted by molar-refractivity contribution is 5.75. The number of nitrogens with one attached hydrogen (secondary N) is 2. The molecule has 4 heteroatoms. The van der Waals surface area contributed by atoms with Crippen molar-refractivity contribution >= 4 is 6.03 Å². The van der Waals surface area contributed by atoms with Crippen molar-refractivity contribution in [2.24, 2.45) is 0 Å². The van der Waals surface area contributed by atoms with Gasteiger partial charge in [0.1, 0.15) is 5.75 Å². The van der Waals surface area contributed by atoms with Gasteiger partial charge >= 0.3 is 6.03 Å². The summed E-state index contributed by atoms with van der Waals surface area (Å²) in [6.07, 6.45) is 10.3. The van der Waals surface area contributed by atoms with E-state index in [4.69, 9.17) is 0 Å². The first-order chi connectivity index (χ1) is 10.7. The van der Waals surface area contributed by atoms with E-state index in [1.807, 2.05) is 18.2 Å². The smallest absolute Gasteiger partial charge is 0.314 e. The molecule has 22 heavy (non-hydrogen) atoms. The summed E-state index contributed by atoms with van der Waals surface area (Å²) in [7, 11) is 0. The van der Waals surface area contributed by atoms with Crippen LogP contribution in [0.15, 0.2) is 24.3 Å². The van der Waals surface area contributed by atoms with E-state index in [2.05, 4.69) is 17.6 Å². The van der Waals surface area contributed by atoms with Crippen molar-refractivity contribution in [2.75, 3.05) is 13.1 Å². The van der Waals surface area contributed by atoms with Crippen LogP contribution in [0.1, 0.15) is 57.4 Å². The monoisotopic (exact) mass is 306 g/mol. The fraction of sp³-hybridized carbons (Fsp3) is 0.611. The fourth-order valence-corrected chi connectivity index (χ4v) is 2.41. The highest BCUT2D eigenvalue weighted by Crippen LogP contribution is 2.18. The summed E-state index contributed by atoms with van der Waals surface area (Å²) in [4.78, 5) is 10.0. The van der Waals surface area contributed by atoms with Gasteiger partial charge in [-0.2, -0.15) is 0 Å². The summed E-state index contributed by atoms with van der Waals surface area (Å²) in [6.45, 7) is 3.80. The molecule has 1 aromatic carbocycles. The number of hydrogen-bond acceptors (Lipinski definition) is 2. The van der Waals surface area contributed by atoms with Crippen molar-refractivity contribution in [3.63, 3.8) is 0 Å². The van der Waals surface area contributed by atoms with Gasteiger partial charge in [-0.25, -0.2) is 4.79 Å². The number of unbranched alkanes of at least 4 members (excludes halogenated alkanes) is 6. The van der Waals surface area contributed by atoms with Gasteiger partial charge in [0.25, 0.3) is 0 Å². The number of rotatable bonds is 8. The first-order valence-electron chi connectivity index (χ1n) is 8.52. The van der Waals surface area contributed by atoms with Crippen LogP contribution < -0.4 is 10.6 Å². The Morgan fingerprint density at radius 3 is 2.09 bits per heavy atom. The highest BCUT2D eigenvalue weighted by Gasteiger charge is 2.03. The molecule has 3 N–H and O–H groups in total. The lowest BCUT2D eigenvalue weighted by molar-refractivity contribution is 0.248. The molecule has 0 saturated carbocycles. The zero-order valence-electron chi connectivity index (χ0n) is 13.7. The second kappa shape index (κ2) is 11.9. The molecule has 0 spiro atoms. The number of phenolic OH excluding ortho intramolecular Hbond substituents is 1. The Morgan fingerprint density at radius 2 is 1.55 bits per heavy atom. The third-order valence-corrected chi connectivity index (χ3v) is 3.74. The van der Waals surface area contributed by atoms with Gasteiger partial charge in [0, 0.05) is 13.1 Å². The van der Waals surface area contributed by atoms with Gasteiger partial charge in [-0.05, 0) is 24.5 Å². The first-order valence-corrected chi connectivity index (χ1v) is 8.52. The van der Waals surface area contributed by atoms with E-state index in [0.717, 1.165) is 25.1 Å². The highest BCUT2D eigenvalue weighted by atomic mass is 16.3. The molecule has 1 saturated heterocycles. The van der Waals surface area contributed by atoms with Gasteiger partial charge in [0.05, 0.1) is 0 Å². The Balaban J connectivity index is 0.000000335. The lowest BCUT2D eigenvalue weighted by Gasteiger charge is -2.04. The number of aryl methyl sites for hydroxylation is 1. The summed E-state index contributed by atoms with van der Waals surface area (Å²) in [5, 5.41) is 14.7. The number of phenols is 1. The third kappa shape index (κ3) is 8.55. The number of para-hydroxylation sites is 1. The lowest BCUT2D eigenvalue weighted by atomic mass is 10.0. The average Bonchev–Trinajstić information content (AvgIpc) is 3.00. The Labute approximate surface area is 134 Å². The van der Waals surface area contributed by atoms with E-state index in [1.54, 1.807) is 6.07 Å². The molecule has 1 aromatic rings. The average molecular weight is 306 g/mol. The molecule has 2 rings (SSSR count). The number of benzene rings is 1. The molecule has 2 amide bonds. The van der Waals surface area contributed by atoms with E-state index in [-0.39, 0.29) is 6.03 Å². The van der Waals surface area contributed by atoms with Crippen LogP contribution in [-0.2, 0) is 6.42 Å². The molecule has 1 heterocycles. The minimum Gasteiger partial charge on any atom is -0.508 e. The van der Waals surface area contributed by atoms with E-state index in [1.165, 1.54) is 44.9 Å². The molecule has 1 aliphatic rings. The molecule has 0 unspecified atom stereocenters. The second-order valence-electron chi connectivity index (χ2n) is 5.68. The molecule has 4 nitrogen and oxygen atoms in total. The van der Waals surface area contributed by atoms with Crippen LogP contribution in [0.4, 0.5) is 4.79 Å². The van der Waals surface area contributed by atoms with Crippen molar-refractivity contribution < 1.29 is 9.90 Å². The molecule has 1 aliphatic heterocycles. The molecular formula is C18H30N2O2. The molecule has 0 aromatic heterocycles. The van der Waals surface area contributed by atoms with Crippen molar-refractivity contribution in [1.29, 1.82) is 0 Å². The van der Waals surface area contributed by atoms with Gasteiger partial charge in [-0.1, -0.05) is 63.6 Å². The number of carbonyl (C=O) groups is 1. The molecule has 0 aliphatic carbocycles. The predicted octanol–water partition coefficient (Wildman–Crippen LogP) is 3.98. The molecule has 1 fully saturated rings. The van der Waals surface area contributed by atoms with Gasteiger partial charge < -0.3 is 15.7 Å². The maximum atomic E-state index is 10.0. The minimum absolute atomic E-state index is 0.0463. The molecule has 0 radical (unpaired) electrons. The third-order valence-electron chi connectivity index (χ3n) is 3.74. The molecule has 124 valence electrons. The van der Waals surface area contributed by atoms with Crippen LogP contribution in [0.25, 0.3) is 0 Å². The van der Waals surface area contributed by atoms with Crippen molar-refractivity contribution in [2.45, 2.75) is 58.3 Å². The molecule has 0 atom stereocenters. The lowest BCUT2D eigenvalue weighted by Crippen LogP contribution is -2.20. The summed E-state index contributed by atoms with van der Waals surface area (Å²) in [5.41, 5.74) is 1.09. The largest absolute Gasteiger partial charge is 0.508 e. The topological polar surface area (TPSA) is 61.4 Å². The Hall–Kier alpha value is -1.71.